The minimum atomic E-state index is -4.57. The lowest BCUT2D eigenvalue weighted by molar-refractivity contribution is -0.224. The van der Waals surface area contributed by atoms with Crippen LogP contribution in [-0.4, -0.2) is 39.7 Å². The number of benzene rings is 1. The Morgan fingerprint density at radius 2 is 2.00 bits per heavy atom. The Kier molecular flexibility index (Phi) is 4.85. The van der Waals surface area contributed by atoms with Crippen LogP contribution in [0.1, 0.15) is 11.7 Å². The summed E-state index contributed by atoms with van der Waals surface area (Å²) in [6, 6.07) is 2.37. The van der Waals surface area contributed by atoms with Gasteiger partial charge < -0.3 is 18.9 Å². The fourth-order valence-corrected chi connectivity index (χ4v) is 2.13. The van der Waals surface area contributed by atoms with E-state index in [2.05, 4.69) is 0 Å². The van der Waals surface area contributed by atoms with Crippen molar-refractivity contribution in [2.45, 2.75) is 18.4 Å². The molecule has 0 saturated carbocycles. The van der Waals surface area contributed by atoms with Gasteiger partial charge in [-0.15, -0.1) is 0 Å². The van der Waals surface area contributed by atoms with Crippen molar-refractivity contribution < 1.29 is 32.1 Å². The van der Waals surface area contributed by atoms with Crippen molar-refractivity contribution in [3.8, 4) is 11.5 Å². The first kappa shape index (κ1) is 16.2. The molecular formula is C13H14ClF3O4. The van der Waals surface area contributed by atoms with E-state index in [1.165, 1.54) is 20.3 Å². The zero-order chi connectivity index (χ0) is 15.6. The summed E-state index contributed by atoms with van der Waals surface area (Å²) in [6.45, 7) is 0.285. The molecule has 8 heteroatoms. The third-order valence-corrected chi connectivity index (χ3v) is 3.19. The van der Waals surface area contributed by atoms with E-state index >= 15 is 0 Å². The van der Waals surface area contributed by atoms with Gasteiger partial charge in [-0.3, -0.25) is 0 Å². The summed E-state index contributed by atoms with van der Waals surface area (Å²) in [7, 11) is 2.67. The van der Waals surface area contributed by atoms with E-state index in [0.717, 1.165) is 6.07 Å². The Bertz CT molecular complexity index is 503. The van der Waals surface area contributed by atoms with E-state index in [4.69, 9.17) is 30.5 Å². The van der Waals surface area contributed by atoms with Crippen LogP contribution in [0.4, 0.5) is 13.2 Å². The summed E-state index contributed by atoms with van der Waals surface area (Å²) in [5.74, 6) is 0.287. The van der Waals surface area contributed by atoms with Crippen LogP contribution in [0.3, 0.4) is 0 Å². The van der Waals surface area contributed by atoms with Gasteiger partial charge in [0.1, 0.15) is 6.10 Å². The molecule has 2 rings (SSSR count). The predicted octanol–water partition coefficient (Wildman–Crippen LogP) is 3.38. The van der Waals surface area contributed by atoms with Crippen LogP contribution in [0.2, 0.25) is 5.02 Å². The van der Waals surface area contributed by atoms with Gasteiger partial charge in [-0.2, -0.15) is 13.2 Å². The lowest BCUT2D eigenvalue weighted by Crippen LogP contribution is -2.25. The number of hydrogen-bond acceptors (Lipinski definition) is 4. The average molecular weight is 327 g/mol. The van der Waals surface area contributed by atoms with Crippen molar-refractivity contribution >= 4 is 11.6 Å². The fourth-order valence-electron chi connectivity index (χ4n) is 1.84. The van der Waals surface area contributed by atoms with Crippen LogP contribution in [-0.2, 0) is 9.47 Å². The summed E-state index contributed by atoms with van der Waals surface area (Å²) < 4.78 is 59.2. The number of epoxide rings is 1. The molecule has 1 aliphatic heterocycles. The van der Waals surface area contributed by atoms with Crippen LogP contribution < -0.4 is 9.47 Å². The first-order valence-electron chi connectivity index (χ1n) is 6.08. The standard InChI is InChI=1S/C13H14ClF3O4/c1-18-10-4-7(3-9(14)11(10)19-2)12(13(15,16)17)21-6-8-5-20-8/h3-4,8,12H,5-6H2,1-2H3/t8-,12+/m0/s1. The number of methoxy groups -OCH3 is 2. The molecule has 0 spiro atoms. The molecule has 0 aliphatic carbocycles. The van der Waals surface area contributed by atoms with Crippen molar-refractivity contribution in [1.82, 2.24) is 0 Å². The number of ether oxygens (including phenoxy) is 4. The molecule has 0 bridgehead atoms. The Hall–Kier alpha value is -1.18. The number of halogens is 4. The quantitative estimate of drug-likeness (QED) is 0.751. The SMILES string of the molecule is COc1cc([C@@H](OC[C@@H]2CO2)C(F)(F)F)cc(Cl)c1OC. The van der Waals surface area contributed by atoms with E-state index in [1.54, 1.807) is 0 Å². The monoisotopic (exact) mass is 326 g/mol. The zero-order valence-corrected chi connectivity index (χ0v) is 12.1. The van der Waals surface area contributed by atoms with Crippen LogP contribution >= 0.6 is 11.6 Å². The lowest BCUT2D eigenvalue weighted by atomic mass is 10.1. The van der Waals surface area contributed by atoms with Gasteiger partial charge in [-0.1, -0.05) is 11.6 Å². The van der Waals surface area contributed by atoms with Gasteiger partial charge in [0.05, 0.1) is 32.5 Å². The second-order valence-corrected chi connectivity index (χ2v) is 4.86. The Balaban J connectivity index is 2.31. The first-order valence-corrected chi connectivity index (χ1v) is 6.46. The van der Waals surface area contributed by atoms with Gasteiger partial charge in [0, 0.05) is 0 Å². The zero-order valence-electron chi connectivity index (χ0n) is 11.4. The van der Waals surface area contributed by atoms with Gasteiger partial charge in [0.25, 0.3) is 0 Å². The molecule has 21 heavy (non-hydrogen) atoms. The second-order valence-electron chi connectivity index (χ2n) is 4.45. The molecule has 0 aromatic heterocycles. The van der Waals surface area contributed by atoms with E-state index in [1.807, 2.05) is 0 Å². The summed E-state index contributed by atoms with van der Waals surface area (Å²) in [6.07, 6.45) is -6.94. The summed E-state index contributed by atoms with van der Waals surface area (Å²) in [5, 5.41) is 0.0207. The van der Waals surface area contributed by atoms with Gasteiger partial charge in [0.2, 0.25) is 0 Å². The molecule has 0 N–H and O–H groups in total. The average Bonchev–Trinajstić information content (AvgIpc) is 3.20. The topological polar surface area (TPSA) is 40.2 Å². The van der Waals surface area contributed by atoms with Gasteiger partial charge in [0.15, 0.2) is 17.6 Å². The third-order valence-electron chi connectivity index (χ3n) is 2.91. The smallest absolute Gasteiger partial charge is 0.418 e. The molecule has 118 valence electrons. The highest BCUT2D eigenvalue weighted by Gasteiger charge is 2.43. The molecule has 1 aromatic rings. The van der Waals surface area contributed by atoms with Gasteiger partial charge in [-0.05, 0) is 17.7 Å². The van der Waals surface area contributed by atoms with Crippen LogP contribution in [0.5, 0.6) is 11.5 Å². The van der Waals surface area contributed by atoms with Crippen molar-refractivity contribution in [1.29, 1.82) is 0 Å². The van der Waals surface area contributed by atoms with Crippen LogP contribution in [0.15, 0.2) is 12.1 Å². The summed E-state index contributed by atoms with van der Waals surface area (Å²) in [4.78, 5) is 0. The molecule has 0 amide bonds. The molecule has 1 heterocycles. The molecule has 1 aromatic carbocycles. The van der Waals surface area contributed by atoms with Gasteiger partial charge >= 0.3 is 6.18 Å². The van der Waals surface area contributed by atoms with Crippen LogP contribution in [0.25, 0.3) is 0 Å². The molecule has 4 nitrogen and oxygen atoms in total. The largest absolute Gasteiger partial charge is 0.493 e. The normalized spacial score (nSPS) is 19.2. The van der Waals surface area contributed by atoms with E-state index in [-0.39, 0.29) is 34.8 Å². The van der Waals surface area contributed by atoms with E-state index < -0.39 is 12.3 Å². The Morgan fingerprint density at radius 3 is 2.48 bits per heavy atom. The van der Waals surface area contributed by atoms with Crippen molar-refractivity contribution in [3.05, 3.63) is 22.7 Å². The molecule has 0 unspecified atom stereocenters. The minimum absolute atomic E-state index is 0.0207. The molecule has 1 aliphatic rings. The minimum Gasteiger partial charge on any atom is -0.493 e. The second kappa shape index (κ2) is 6.29. The lowest BCUT2D eigenvalue weighted by Gasteiger charge is -2.22. The molecular weight excluding hydrogens is 313 g/mol. The predicted molar refractivity (Wildman–Crippen MR) is 69.0 cm³/mol. The molecule has 1 fully saturated rings. The highest BCUT2D eigenvalue weighted by molar-refractivity contribution is 6.32. The summed E-state index contributed by atoms with van der Waals surface area (Å²) in [5.41, 5.74) is -0.147. The van der Waals surface area contributed by atoms with Crippen LogP contribution in [0, 0.1) is 0 Å². The Labute approximate surface area is 124 Å². The Morgan fingerprint density at radius 1 is 1.33 bits per heavy atom. The van der Waals surface area contributed by atoms with Crippen molar-refractivity contribution in [3.63, 3.8) is 0 Å². The maximum Gasteiger partial charge on any atom is 0.418 e. The van der Waals surface area contributed by atoms with E-state index in [0.29, 0.717) is 6.61 Å². The highest BCUT2D eigenvalue weighted by atomic mass is 35.5. The maximum absolute atomic E-state index is 13.1. The van der Waals surface area contributed by atoms with Gasteiger partial charge in [-0.25, -0.2) is 0 Å². The van der Waals surface area contributed by atoms with E-state index in [9.17, 15) is 13.2 Å². The maximum atomic E-state index is 13.1. The highest BCUT2D eigenvalue weighted by Crippen LogP contribution is 2.43. The molecule has 2 atom stereocenters. The third kappa shape index (κ3) is 3.93. The molecule has 0 radical (unpaired) electrons. The number of rotatable bonds is 6. The summed E-state index contributed by atoms with van der Waals surface area (Å²) >= 11 is 5.93. The van der Waals surface area contributed by atoms with Crippen molar-refractivity contribution in [2.24, 2.45) is 0 Å². The molecule has 1 saturated heterocycles. The number of hydrogen-bond donors (Lipinski definition) is 0. The van der Waals surface area contributed by atoms with Crippen molar-refractivity contribution in [2.75, 3.05) is 27.4 Å². The first-order chi connectivity index (χ1) is 9.86. The number of alkyl halides is 3. The fraction of sp³-hybridized carbons (Fsp3) is 0.538.